The highest BCUT2D eigenvalue weighted by Gasteiger charge is 2.42. The Morgan fingerprint density at radius 2 is 1.86 bits per heavy atom. The van der Waals surface area contributed by atoms with Crippen LogP contribution >= 0.6 is 23.6 Å². The minimum Gasteiger partial charge on any atom is -0.360 e. The molecule has 0 aromatic carbocycles. The van der Waals surface area contributed by atoms with Gasteiger partial charge in [-0.15, -0.1) is 0 Å². The summed E-state index contributed by atoms with van der Waals surface area (Å²) in [6.45, 7) is 3.84. The summed E-state index contributed by atoms with van der Waals surface area (Å²) >= 11 is 7.38. The smallest absolute Gasteiger partial charge is 0.246 e. The Balaban J connectivity index is 1.25. The van der Waals surface area contributed by atoms with Gasteiger partial charge in [0, 0.05) is 38.3 Å². The van der Waals surface area contributed by atoms with Crippen LogP contribution in [0.3, 0.4) is 0 Å². The van der Waals surface area contributed by atoms with E-state index in [1.54, 1.807) is 17.4 Å². The van der Waals surface area contributed by atoms with E-state index in [1.165, 1.54) is 38.5 Å². The van der Waals surface area contributed by atoms with Crippen molar-refractivity contribution in [2.45, 2.75) is 57.4 Å². The number of thiocarbonyl (C=S) groups is 1. The minimum atomic E-state index is 0.144. The van der Waals surface area contributed by atoms with Gasteiger partial charge in [0.05, 0.1) is 0 Å². The molecule has 4 rings (SSSR count). The predicted octanol–water partition coefficient (Wildman–Crippen LogP) is 4.28. The molecule has 0 atom stereocenters. The van der Waals surface area contributed by atoms with Gasteiger partial charge in [0.25, 0.3) is 0 Å². The molecule has 1 amide bonds. The van der Waals surface area contributed by atoms with Crippen LogP contribution in [0.15, 0.2) is 22.9 Å². The Labute approximate surface area is 178 Å². The normalized spacial score (nSPS) is 22.9. The molecule has 1 aromatic heterocycles. The zero-order valence-corrected chi connectivity index (χ0v) is 18.2. The molecule has 4 nitrogen and oxygen atoms in total. The summed E-state index contributed by atoms with van der Waals surface area (Å²) < 4.78 is 0. The van der Waals surface area contributed by atoms with Gasteiger partial charge in [0.1, 0.15) is 0 Å². The number of hydrogen-bond donors (Lipinski definition) is 1. The molecule has 3 aliphatic rings. The van der Waals surface area contributed by atoms with E-state index in [2.05, 4.69) is 15.6 Å². The first-order valence-electron chi connectivity index (χ1n) is 10.7. The molecule has 0 radical (unpaired) electrons. The highest BCUT2D eigenvalue weighted by Crippen LogP contribution is 2.40. The van der Waals surface area contributed by atoms with E-state index in [9.17, 15) is 4.79 Å². The van der Waals surface area contributed by atoms with Gasteiger partial charge in [-0.05, 0) is 78.2 Å². The fourth-order valence-electron chi connectivity index (χ4n) is 4.87. The lowest BCUT2D eigenvalue weighted by Gasteiger charge is -2.39. The number of nitrogens with zero attached hydrogens (tertiary/aromatic N) is 2. The summed E-state index contributed by atoms with van der Waals surface area (Å²) in [5, 5.41) is 8.68. The second-order valence-corrected chi connectivity index (χ2v) is 9.84. The quantitative estimate of drug-likeness (QED) is 0.588. The largest absolute Gasteiger partial charge is 0.360 e. The number of hydrogen-bond acceptors (Lipinski definition) is 3. The lowest BCUT2D eigenvalue weighted by molar-refractivity contribution is -0.128. The molecule has 152 valence electrons. The van der Waals surface area contributed by atoms with Crippen LogP contribution in [-0.4, -0.2) is 53.0 Å². The summed E-state index contributed by atoms with van der Waals surface area (Å²) in [5.74, 6) is 0.144. The summed E-state index contributed by atoms with van der Waals surface area (Å²) in [6, 6.07) is 2.61. The Kier molecular flexibility index (Phi) is 6.36. The van der Waals surface area contributed by atoms with Crippen molar-refractivity contribution in [1.82, 2.24) is 15.1 Å². The first kappa shape index (κ1) is 19.9. The predicted molar refractivity (Wildman–Crippen MR) is 120 cm³/mol. The Morgan fingerprint density at radius 1 is 1.14 bits per heavy atom. The van der Waals surface area contributed by atoms with E-state index in [0.717, 1.165) is 49.7 Å². The lowest BCUT2D eigenvalue weighted by atomic mass is 9.78. The standard InChI is InChI=1S/C22H31N3OS2/c26-20(7-6-18-8-15-28-16-18)24-12-9-22(10-13-24)11-14-25(17-22)21(27)23-19-4-2-1-3-5-19/h6-8,15-16,19H,1-5,9-14,17H2,(H,23,27). The first-order chi connectivity index (χ1) is 13.6. The lowest BCUT2D eigenvalue weighted by Crippen LogP contribution is -2.47. The van der Waals surface area contributed by atoms with E-state index >= 15 is 0 Å². The monoisotopic (exact) mass is 417 g/mol. The summed E-state index contributed by atoms with van der Waals surface area (Å²) in [6.07, 6.45) is 13.6. The zero-order chi connectivity index (χ0) is 19.4. The van der Waals surface area contributed by atoms with Crippen molar-refractivity contribution in [2.24, 2.45) is 5.41 Å². The zero-order valence-electron chi connectivity index (χ0n) is 16.6. The Bertz CT molecular complexity index is 701. The Hall–Kier alpha value is -1.40. The third-order valence-electron chi connectivity index (χ3n) is 6.76. The summed E-state index contributed by atoms with van der Waals surface area (Å²) in [4.78, 5) is 16.9. The molecule has 6 heteroatoms. The number of rotatable bonds is 3. The summed E-state index contributed by atoms with van der Waals surface area (Å²) in [5.41, 5.74) is 1.45. The minimum absolute atomic E-state index is 0.144. The fourth-order valence-corrected chi connectivity index (χ4v) is 5.82. The molecule has 1 aliphatic carbocycles. The van der Waals surface area contributed by atoms with Crippen molar-refractivity contribution in [3.63, 3.8) is 0 Å². The van der Waals surface area contributed by atoms with Gasteiger partial charge in [-0.25, -0.2) is 0 Å². The maximum atomic E-state index is 12.5. The third kappa shape index (κ3) is 4.77. The van der Waals surface area contributed by atoms with Crippen molar-refractivity contribution < 1.29 is 4.79 Å². The molecule has 0 bridgehead atoms. The van der Waals surface area contributed by atoms with Gasteiger partial charge < -0.3 is 15.1 Å². The van der Waals surface area contributed by atoms with Crippen molar-refractivity contribution in [3.8, 4) is 0 Å². The molecule has 1 spiro atoms. The first-order valence-corrected chi connectivity index (χ1v) is 12.0. The number of piperidine rings is 1. The molecule has 0 unspecified atom stereocenters. The van der Waals surface area contributed by atoms with Crippen LogP contribution in [0.4, 0.5) is 0 Å². The van der Waals surface area contributed by atoms with E-state index in [4.69, 9.17) is 12.2 Å². The molecule has 3 heterocycles. The van der Waals surface area contributed by atoms with Crippen molar-refractivity contribution in [1.29, 1.82) is 0 Å². The highest BCUT2D eigenvalue weighted by molar-refractivity contribution is 7.80. The van der Waals surface area contributed by atoms with Gasteiger partial charge in [0.15, 0.2) is 5.11 Å². The number of likely N-dealkylation sites (tertiary alicyclic amines) is 2. The molecular formula is C22H31N3OS2. The maximum absolute atomic E-state index is 12.5. The van der Waals surface area contributed by atoms with Gasteiger partial charge >= 0.3 is 0 Å². The van der Waals surface area contributed by atoms with Crippen molar-refractivity contribution in [2.75, 3.05) is 26.2 Å². The molecular weight excluding hydrogens is 386 g/mol. The average Bonchev–Trinajstić information content (AvgIpc) is 3.38. The van der Waals surface area contributed by atoms with E-state index in [1.807, 2.05) is 22.4 Å². The van der Waals surface area contributed by atoms with Gasteiger partial charge in [-0.3, -0.25) is 4.79 Å². The SMILES string of the molecule is O=C(C=Cc1ccsc1)N1CCC2(CC1)CCN(C(=S)NC1CCCCC1)C2. The maximum Gasteiger partial charge on any atom is 0.246 e. The number of amides is 1. The van der Waals surface area contributed by atoms with E-state index in [-0.39, 0.29) is 5.91 Å². The molecule has 1 saturated carbocycles. The van der Waals surface area contributed by atoms with Crippen LogP contribution in [0.5, 0.6) is 0 Å². The molecule has 2 saturated heterocycles. The highest BCUT2D eigenvalue weighted by atomic mass is 32.1. The Morgan fingerprint density at radius 3 is 2.54 bits per heavy atom. The second kappa shape index (κ2) is 8.95. The van der Waals surface area contributed by atoms with E-state index in [0.29, 0.717) is 11.5 Å². The van der Waals surface area contributed by atoms with Gasteiger partial charge in [0.2, 0.25) is 5.91 Å². The second-order valence-electron chi connectivity index (χ2n) is 8.67. The van der Waals surface area contributed by atoms with Crippen LogP contribution in [0.1, 0.15) is 56.9 Å². The molecule has 28 heavy (non-hydrogen) atoms. The third-order valence-corrected chi connectivity index (χ3v) is 7.83. The van der Waals surface area contributed by atoms with E-state index < -0.39 is 0 Å². The van der Waals surface area contributed by atoms with Crippen molar-refractivity contribution >= 4 is 40.7 Å². The molecule has 2 aliphatic heterocycles. The number of thiophene rings is 1. The van der Waals surface area contributed by atoms with Crippen LogP contribution in [0.2, 0.25) is 0 Å². The molecule has 1 aromatic rings. The van der Waals surface area contributed by atoms with Crippen LogP contribution in [0.25, 0.3) is 6.08 Å². The van der Waals surface area contributed by atoms with Crippen LogP contribution in [-0.2, 0) is 4.79 Å². The van der Waals surface area contributed by atoms with Crippen LogP contribution < -0.4 is 5.32 Å². The topological polar surface area (TPSA) is 35.6 Å². The molecule has 3 fully saturated rings. The number of carbonyl (C=O) groups excluding carboxylic acids is 1. The fraction of sp³-hybridized carbons (Fsp3) is 0.636. The molecule has 1 N–H and O–H groups in total. The summed E-state index contributed by atoms with van der Waals surface area (Å²) in [7, 11) is 0. The van der Waals surface area contributed by atoms with Crippen LogP contribution in [0, 0.1) is 5.41 Å². The number of carbonyl (C=O) groups is 1. The number of nitrogens with one attached hydrogen (secondary N) is 1. The van der Waals surface area contributed by atoms with Crippen molar-refractivity contribution in [3.05, 3.63) is 28.5 Å². The van der Waals surface area contributed by atoms with Gasteiger partial charge in [-0.2, -0.15) is 11.3 Å². The average molecular weight is 418 g/mol. The van der Waals surface area contributed by atoms with Gasteiger partial charge in [-0.1, -0.05) is 19.3 Å².